The van der Waals surface area contributed by atoms with Gasteiger partial charge in [-0.15, -0.1) is 0 Å². The van der Waals surface area contributed by atoms with Crippen LogP contribution in [-0.4, -0.2) is 31.7 Å². The molecule has 2 rings (SSSR count). The van der Waals surface area contributed by atoms with E-state index in [2.05, 4.69) is 16.0 Å². The zero-order chi connectivity index (χ0) is 19.6. The molecule has 0 spiro atoms. The first-order chi connectivity index (χ1) is 13.0. The van der Waals surface area contributed by atoms with Crippen molar-refractivity contribution in [2.45, 2.75) is 20.3 Å². The second-order valence-corrected chi connectivity index (χ2v) is 6.06. The van der Waals surface area contributed by atoms with Crippen LogP contribution in [-0.2, 0) is 0 Å². The number of halogens is 1. The highest BCUT2D eigenvalue weighted by molar-refractivity contribution is 6.01. The van der Waals surface area contributed by atoms with Crippen molar-refractivity contribution in [3.8, 4) is 0 Å². The zero-order valence-electron chi connectivity index (χ0n) is 15.6. The van der Waals surface area contributed by atoms with Crippen LogP contribution in [0.1, 0.15) is 18.9 Å². The second-order valence-electron chi connectivity index (χ2n) is 6.06. The number of rotatable bonds is 7. The van der Waals surface area contributed by atoms with E-state index in [-0.39, 0.29) is 17.9 Å². The van der Waals surface area contributed by atoms with Crippen molar-refractivity contribution >= 4 is 23.4 Å². The van der Waals surface area contributed by atoms with Crippen molar-refractivity contribution in [3.05, 3.63) is 59.9 Å². The van der Waals surface area contributed by atoms with Gasteiger partial charge in [0.15, 0.2) is 0 Å². The van der Waals surface area contributed by atoms with Crippen LogP contribution in [0, 0.1) is 12.7 Å². The van der Waals surface area contributed by atoms with Crippen LogP contribution in [0.25, 0.3) is 0 Å². The number of hydrogen-bond donors (Lipinski definition) is 3. The first-order valence-corrected chi connectivity index (χ1v) is 8.92. The SMILES string of the molecule is CCNC(=O)NCCCN(C(=O)Nc1ccc(C)cc1)c1ccc(F)cc1. The van der Waals surface area contributed by atoms with Crippen LogP contribution in [0.3, 0.4) is 0 Å². The third-order valence-electron chi connectivity index (χ3n) is 3.87. The summed E-state index contributed by atoms with van der Waals surface area (Å²) in [6, 6.07) is 12.7. The van der Waals surface area contributed by atoms with Gasteiger partial charge in [0.1, 0.15) is 5.82 Å². The number of carbonyl (C=O) groups excluding carboxylic acids is 2. The number of benzene rings is 2. The van der Waals surface area contributed by atoms with Gasteiger partial charge in [0, 0.05) is 31.0 Å². The molecule has 0 aromatic heterocycles. The molecule has 144 valence electrons. The molecule has 0 atom stereocenters. The zero-order valence-corrected chi connectivity index (χ0v) is 15.6. The smallest absolute Gasteiger partial charge is 0.326 e. The molecule has 6 nitrogen and oxygen atoms in total. The number of nitrogens with zero attached hydrogens (tertiary/aromatic N) is 1. The van der Waals surface area contributed by atoms with Crippen molar-refractivity contribution in [1.82, 2.24) is 10.6 Å². The van der Waals surface area contributed by atoms with Crippen LogP contribution in [0.15, 0.2) is 48.5 Å². The molecule has 0 aliphatic heterocycles. The van der Waals surface area contributed by atoms with Crippen LogP contribution in [0.4, 0.5) is 25.4 Å². The molecule has 4 amide bonds. The molecule has 0 radical (unpaired) electrons. The van der Waals surface area contributed by atoms with E-state index >= 15 is 0 Å². The molecular formula is C20H25FN4O2. The molecule has 0 unspecified atom stereocenters. The fourth-order valence-electron chi connectivity index (χ4n) is 2.46. The predicted octanol–water partition coefficient (Wildman–Crippen LogP) is 3.88. The Labute approximate surface area is 158 Å². The third-order valence-corrected chi connectivity index (χ3v) is 3.87. The number of anilines is 2. The first kappa shape index (κ1) is 20.2. The van der Waals surface area contributed by atoms with E-state index in [4.69, 9.17) is 0 Å². The Hall–Kier alpha value is -3.09. The molecular weight excluding hydrogens is 347 g/mol. The van der Waals surface area contributed by atoms with Gasteiger partial charge in [0.05, 0.1) is 0 Å². The molecule has 2 aromatic rings. The molecule has 7 heteroatoms. The van der Waals surface area contributed by atoms with Gasteiger partial charge in [0.2, 0.25) is 0 Å². The highest BCUT2D eigenvalue weighted by Gasteiger charge is 2.16. The Morgan fingerprint density at radius 1 is 1.00 bits per heavy atom. The normalized spacial score (nSPS) is 10.2. The van der Waals surface area contributed by atoms with E-state index in [1.807, 2.05) is 38.1 Å². The van der Waals surface area contributed by atoms with Crippen molar-refractivity contribution < 1.29 is 14.0 Å². The molecule has 0 saturated carbocycles. The lowest BCUT2D eigenvalue weighted by molar-refractivity contribution is 0.241. The number of aryl methyl sites for hydroxylation is 1. The molecule has 0 aliphatic rings. The Morgan fingerprint density at radius 2 is 1.67 bits per heavy atom. The van der Waals surface area contributed by atoms with Gasteiger partial charge in [-0.05, 0) is 56.7 Å². The van der Waals surface area contributed by atoms with Gasteiger partial charge < -0.3 is 16.0 Å². The maximum absolute atomic E-state index is 13.2. The fraction of sp³-hybridized carbons (Fsp3) is 0.300. The average molecular weight is 372 g/mol. The molecule has 0 heterocycles. The van der Waals surface area contributed by atoms with E-state index in [9.17, 15) is 14.0 Å². The minimum atomic E-state index is -0.365. The maximum Gasteiger partial charge on any atom is 0.326 e. The standard InChI is InChI=1S/C20H25FN4O2/c1-3-22-19(26)23-13-4-14-25(18-11-7-16(21)8-12-18)20(27)24-17-9-5-15(2)6-10-17/h5-12H,3-4,13-14H2,1-2H3,(H,24,27)(H2,22,23,26). The van der Waals surface area contributed by atoms with Crippen molar-refractivity contribution in [2.75, 3.05) is 29.9 Å². The molecule has 3 N–H and O–H groups in total. The van der Waals surface area contributed by atoms with E-state index < -0.39 is 0 Å². The van der Waals surface area contributed by atoms with Gasteiger partial charge in [-0.2, -0.15) is 0 Å². The van der Waals surface area contributed by atoms with Crippen LogP contribution >= 0.6 is 0 Å². The van der Waals surface area contributed by atoms with Gasteiger partial charge in [0.25, 0.3) is 0 Å². The summed E-state index contributed by atoms with van der Waals surface area (Å²) < 4.78 is 13.2. The van der Waals surface area contributed by atoms with E-state index in [0.717, 1.165) is 5.56 Å². The fourth-order valence-corrected chi connectivity index (χ4v) is 2.46. The molecule has 0 saturated heterocycles. The van der Waals surface area contributed by atoms with Gasteiger partial charge >= 0.3 is 12.1 Å². The molecule has 0 fully saturated rings. The predicted molar refractivity (Wildman–Crippen MR) is 106 cm³/mol. The van der Waals surface area contributed by atoms with Crippen molar-refractivity contribution in [1.29, 1.82) is 0 Å². The Balaban J connectivity index is 2.02. The van der Waals surface area contributed by atoms with Crippen LogP contribution < -0.4 is 20.9 Å². The molecule has 27 heavy (non-hydrogen) atoms. The molecule has 2 aromatic carbocycles. The lowest BCUT2D eigenvalue weighted by Crippen LogP contribution is -2.39. The third kappa shape index (κ3) is 6.62. The largest absolute Gasteiger partial charge is 0.338 e. The summed E-state index contributed by atoms with van der Waals surface area (Å²) >= 11 is 0. The van der Waals surface area contributed by atoms with Crippen molar-refractivity contribution in [2.24, 2.45) is 0 Å². The quantitative estimate of drug-likeness (QED) is 0.645. The summed E-state index contributed by atoms with van der Waals surface area (Å²) in [4.78, 5) is 25.7. The van der Waals surface area contributed by atoms with E-state index in [0.29, 0.717) is 37.4 Å². The summed E-state index contributed by atoms with van der Waals surface area (Å²) in [5.74, 6) is -0.365. The second kappa shape index (κ2) is 10.2. The minimum absolute atomic E-state index is 0.241. The molecule has 0 aliphatic carbocycles. The topological polar surface area (TPSA) is 73.5 Å². The summed E-state index contributed by atoms with van der Waals surface area (Å²) in [6.45, 7) is 5.15. The highest BCUT2D eigenvalue weighted by Crippen LogP contribution is 2.17. The molecule has 0 bridgehead atoms. The Morgan fingerprint density at radius 3 is 2.30 bits per heavy atom. The average Bonchev–Trinajstić information content (AvgIpc) is 2.65. The highest BCUT2D eigenvalue weighted by atomic mass is 19.1. The van der Waals surface area contributed by atoms with Gasteiger partial charge in [-0.25, -0.2) is 14.0 Å². The van der Waals surface area contributed by atoms with Crippen LogP contribution in [0.5, 0.6) is 0 Å². The Kier molecular flexibility index (Phi) is 7.61. The van der Waals surface area contributed by atoms with Gasteiger partial charge in [-0.1, -0.05) is 17.7 Å². The minimum Gasteiger partial charge on any atom is -0.338 e. The maximum atomic E-state index is 13.2. The lowest BCUT2D eigenvalue weighted by atomic mass is 10.2. The lowest BCUT2D eigenvalue weighted by Gasteiger charge is -2.23. The number of nitrogens with one attached hydrogen (secondary N) is 3. The van der Waals surface area contributed by atoms with Gasteiger partial charge in [-0.3, -0.25) is 4.90 Å². The number of carbonyl (C=O) groups is 2. The Bertz CT molecular complexity index is 748. The summed E-state index contributed by atoms with van der Waals surface area (Å²) in [7, 11) is 0. The van der Waals surface area contributed by atoms with E-state index in [1.54, 1.807) is 12.1 Å². The van der Waals surface area contributed by atoms with Crippen molar-refractivity contribution in [3.63, 3.8) is 0 Å². The van der Waals surface area contributed by atoms with E-state index in [1.165, 1.54) is 17.0 Å². The monoisotopic (exact) mass is 372 g/mol. The number of amides is 4. The summed E-state index contributed by atoms with van der Waals surface area (Å²) in [5, 5.41) is 8.22. The number of hydrogen-bond acceptors (Lipinski definition) is 2. The van der Waals surface area contributed by atoms with Crippen LogP contribution in [0.2, 0.25) is 0 Å². The first-order valence-electron chi connectivity index (χ1n) is 8.92. The summed E-state index contributed by atoms with van der Waals surface area (Å²) in [6.07, 6.45) is 0.551. The summed E-state index contributed by atoms with van der Waals surface area (Å²) in [5.41, 5.74) is 2.36. The number of urea groups is 2.